The molecule has 0 aromatic carbocycles. The van der Waals surface area contributed by atoms with Crippen molar-refractivity contribution in [2.45, 2.75) is 94.8 Å². The molecule has 1 saturated heterocycles. The standard InChI is InChI=1S/C27H49N7O8S/c1-26(2,42-17-27(3,4)41-14-11-32-30)9-8-21(36)33-19(23(29)38)7-5-6-10-31-24(39)18(28)16-43-20-15-22(37)34(12-13-35)25(20)40/h13,18-20,32H,5-12,14-17,28,30H2,1-4H3,(H2,29,38)(H,31,39)(H,33,36)/t18-,19?,20?/m1/s1. The summed E-state index contributed by atoms with van der Waals surface area (Å²) in [5.74, 6) is 3.12. The van der Waals surface area contributed by atoms with Crippen molar-refractivity contribution in [1.82, 2.24) is 21.0 Å². The molecule has 1 aliphatic rings. The van der Waals surface area contributed by atoms with Crippen molar-refractivity contribution in [1.29, 1.82) is 0 Å². The van der Waals surface area contributed by atoms with Gasteiger partial charge in [-0.1, -0.05) is 0 Å². The minimum Gasteiger partial charge on any atom is -0.373 e. The number of hydrazine groups is 1. The Hall–Kier alpha value is -2.63. The largest absolute Gasteiger partial charge is 0.373 e. The molecule has 0 aromatic rings. The molecule has 3 atom stereocenters. The van der Waals surface area contributed by atoms with Crippen LogP contribution < -0.4 is 33.4 Å². The number of nitrogens with two attached hydrogens (primary N) is 3. The second-order valence-corrected chi connectivity index (χ2v) is 12.8. The van der Waals surface area contributed by atoms with Crippen molar-refractivity contribution in [3.05, 3.63) is 0 Å². The second kappa shape index (κ2) is 18.9. The van der Waals surface area contributed by atoms with Gasteiger partial charge < -0.3 is 36.4 Å². The highest BCUT2D eigenvalue weighted by Gasteiger charge is 2.39. The maximum atomic E-state index is 12.5. The normalized spacial score (nSPS) is 17.1. The van der Waals surface area contributed by atoms with Crippen LogP contribution in [0, 0.1) is 0 Å². The van der Waals surface area contributed by atoms with E-state index in [0.717, 1.165) is 16.7 Å². The number of amides is 5. The van der Waals surface area contributed by atoms with Gasteiger partial charge in [-0.15, -0.1) is 11.8 Å². The van der Waals surface area contributed by atoms with Gasteiger partial charge in [-0.05, 0) is 53.4 Å². The number of nitrogens with one attached hydrogen (secondary N) is 3. The quantitative estimate of drug-likeness (QED) is 0.0247. The fourth-order valence-electron chi connectivity index (χ4n) is 4.00. The number of unbranched alkanes of at least 4 members (excludes halogenated alkanes) is 1. The topological polar surface area (TPSA) is 238 Å². The van der Waals surface area contributed by atoms with E-state index >= 15 is 0 Å². The summed E-state index contributed by atoms with van der Waals surface area (Å²) in [6, 6.07) is -1.74. The molecule has 1 aliphatic heterocycles. The molecule has 1 heterocycles. The van der Waals surface area contributed by atoms with Crippen LogP contribution in [0.25, 0.3) is 0 Å². The van der Waals surface area contributed by atoms with E-state index in [1.165, 1.54) is 0 Å². The molecule has 2 unspecified atom stereocenters. The summed E-state index contributed by atoms with van der Waals surface area (Å²) in [5.41, 5.74) is 12.8. The molecule has 0 aromatic heterocycles. The molecule has 16 heteroatoms. The number of hydrogen-bond acceptors (Lipinski definition) is 12. The zero-order valence-electron chi connectivity index (χ0n) is 25.6. The molecular weight excluding hydrogens is 582 g/mol. The third kappa shape index (κ3) is 15.1. The average Bonchev–Trinajstić information content (AvgIpc) is 3.20. The van der Waals surface area contributed by atoms with Crippen LogP contribution in [0.2, 0.25) is 0 Å². The molecule has 1 rings (SSSR count). The van der Waals surface area contributed by atoms with E-state index in [-0.39, 0.29) is 31.0 Å². The van der Waals surface area contributed by atoms with Gasteiger partial charge in [0.1, 0.15) is 12.3 Å². The average molecular weight is 632 g/mol. The van der Waals surface area contributed by atoms with Crippen molar-refractivity contribution >= 4 is 47.6 Å². The highest BCUT2D eigenvalue weighted by molar-refractivity contribution is 8.00. The fraction of sp³-hybridized carbons (Fsp3) is 0.778. The minimum atomic E-state index is -0.897. The maximum Gasteiger partial charge on any atom is 0.243 e. The van der Waals surface area contributed by atoms with Gasteiger partial charge in [0.05, 0.1) is 42.3 Å². The zero-order chi connectivity index (χ0) is 32.6. The summed E-state index contributed by atoms with van der Waals surface area (Å²) < 4.78 is 11.7. The third-order valence-electron chi connectivity index (χ3n) is 6.67. The predicted molar refractivity (Wildman–Crippen MR) is 161 cm³/mol. The van der Waals surface area contributed by atoms with Gasteiger partial charge in [0.15, 0.2) is 0 Å². The Bertz CT molecular complexity index is 966. The summed E-state index contributed by atoms with van der Waals surface area (Å²) in [6.07, 6.45) is 2.33. The van der Waals surface area contributed by atoms with Crippen LogP contribution in [0.4, 0.5) is 0 Å². The van der Waals surface area contributed by atoms with Crippen LogP contribution in [0.3, 0.4) is 0 Å². The third-order valence-corrected chi connectivity index (χ3v) is 8.00. The number of hydrogen-bond donors (Lipinski definition) is 6. The van der Waals surface area contributed by atoms with Crippen molar-refractivity contribution in [3.63, 3.8) is 0 Å². The molecule has 0 radical (unpaired) electrons. The predicted octanol–water partition coefficient (Wildman–Crippen LogP) is -1.54. The van der Waals surface area contributed by atoms with Gasteiger partial charge in [0.2, 0.25) is 29.5 Å². The van der Waals surface area contributed by atoms with E-state index in [4.69, 9.17) is 26.8 Å². The molecule has 15 nitrogen and oxygen atoms in total. The zero-order valence-corrected chi connectivity index (χ0v) is 26.5. The Balaban J connectivity index is 2.33. The lowest BCUT2D eigenvalue weighted by atomic mass is 10.0. The first-order chi connectivity index (χ1) is 20.1. The van der Waals surface area contributed by atoms with Gasteiger partial charge in [0, 0.05) is 31.7 Å². The van der Waals surface area contributed by atoms with E-state index in [1.807, 2.05) is 27.7 Å². The van der Waals surface area contributed by atoms with Gasteiger partial charge in [-0.3, -0.25) is 40.1 Å². The number of thioether (sulfide) groups is 1. The number of likely N-dealkylation sites (tertiary alicyclic amines) is 1. The van der Waals surface area contributed by atoms with Crippen molar-refractivity contribution in [3.8, 4) is 0 Å². The van der Waals surface area contributed by atoms with Crippen molar-refractivity contribution in [2.75, 3.05) is 38.6 Å². The number of rotatable bonds is 23. The van der Waals surface area contributed by atoms with E-state index < -0.39 is 52.2 Å². The SMILES string of the molecule is CC(C)(CCC(=O)NC(CCCCNC(=O)[C@H](N)CSC1CC(=O)N(CC=O)C1=O)C(N)=O)OCC(C)(C)OCCNN. The number of nitrogens with zero attached hydrogens (tertiary/aromatic N) is 1. The Labute approximate surface area is 257 Å². The van der Waals surface area contributed by atoms with Crippen LogP contribution in [-0.4, -0.2) is 108 Å². The maximum absolute atomic E-state index is 12.5. The molecule has 0 bridgehead atoms. The summed E-state index contributed by atoms with van der Waals surface area (Å²) in [4.78, 5) is 72.3. The first-order valence-corrected chi connectivity index (χ1v) is 15.4. The molecule has 0 aliphatic carbocycles. The summed E-state index contributed by atoms with van der Waals surface area (Å²) in [7, 11) is 0. The fourth-order valence-corrected chi connectivity index (χ4v) is 5.12. The van der Waals surface area contributed by atoms with Crippen LogP contribution in [0.1, 0.15) is 66.2 Å². The first kappa shape index (κ1) is 38.4. The van der Waals surface area contributed by atoms with Crippen molar-refractivity contribution in [2.24, 2.45) is 17.3 Å². The lowest BCUT2D eigenvalue weighted by molar-refractivity contribution is -0.140. The molecule has 43 heavy (non-hydrogen) atoms. The molecule has 246 valence electrons. The van der Waals surface area contributed by atoms with Crippen LogP contribution in [-0.2, 0) is 38.2 Å². The highest BCUT2D eigenvalue weighted by atomic mass is 32.2. The number of ether oxygens (including phenoxy) is 2. The number of carbonyl (C=O) groups excluding carboxylic acids is 6. The molecule has 1 fully saturated rings. The van der Waals surface area contributed by atoms with Crippen LogP contribution in [0.15, 0.2) is 0 Å². The molecular formula is C27H49N7O8S. The molecule has 9 N–H and O–H groups in total. The Morgan fingerprint density at radius 3 is 2.44 bits per heavy atom. The molecule has 0 saturated carbocycles. The Morgan fingerprint density at radius 2 is 1.81 bits per heavy atom. The van der Waals surface area contributed by atoms with E-state index in [9.17, 15) is 28.8 Å². The monoisotopic (exact) mass is 631 g/mol. The lowest BCUT2D eigenvalue weighted by Gasteiger charge is -2.32. The summed E-state index contributed by atoms with van der Waals surface area (Å²) >= 11 is 1.11. The van der Waals surface area contributed by atoms with Gasteiger partial charge in [-0.25, -0.2) is 0 Å². The van der Waals surface area contributed by atoms with E-state index in [1.54, 1.807) is 0 Å². The van der Waals surface area contributed by atoms with E-state index in [2.05, 4.69) is 16.1 Å². The van der Waals surface area contributed by atoms with Crippen molar-refractivity contribution < 1.29 is 38.2 Å². The first-order valence-electron chi connectivity index (χ1n) is 14.3. The minimum absolute atomic E-state index is 0.0310. The van der Waals surface area contributed by atoms with Crippen LogP contribution >= 0.6 is 11.8 Å². The smallest absolute Gasteiger partial charge is 0.243 e. The number of aldehydes is 1. The Morgan fingerprint density at radius 1 is 1.12 bits per heavy atom. The number of imide groups is 1. The van der Waals surface area contributed by atoms with Crippen LogP contribution in [0.5, 0.6) is 0 Å². The number of primary amides is 1. The van der Waals surface area contributed by atoms with Gasteiger partial charge in [0.25, 0.3) is 0 Å². The lowest BCUT2D eigenvalue weighted by Crippen LogP contribution is -2.45. The van der Waals surface area contributed by atoms with Gasteiger partial charge >= 0.3 is 0 Å². The molecule has 5 amide bonds. The number of carbonyl (C=O) groups is 6. The van der Waals surface area contributed by atoms with E-state index in [0.29, 0.717) is 58.3 Å². The van der Waals surface area contributed by atoms with Gasteiger partial charge in [-0.2, -0.15) is 0 Å². The molecule has 0 spiro atoms. The summed E-state index contributed by atoms with van der Waals surface area (Å²) in [6.45, 7) is 8.83. The Kier molecular flexibility index (Phi) is 16.9. The highest BCUT2D eigenvalue weighted by Crippen LogP contribution is 2.25. The second-order valence-electron chi connectivity index (χ2n) is 11.6. The summed E-state index contributed by atoms with van der Waals surface area (Å²) in [5, 5.41) is 4.72.